The van der Waals surface area contributed by atoms with E-state index in [2.05, 4.69) is 9.88 Å². The Labute approximate surface area is 144 Å². The summed E-state index contributed by atoms with van der Waals surface area (Å²) >= 11 is 1.24. The van der Waals surface area contributed by atoms with E-state index in [4.69, 9.17) is 16.2 Å². The molecule has 0 spiro atoms. The highest BCUT2D eigenvalue weighted by Crippen LogP contribution is 2.39. The number of anilines is 2. The highest BCUT2D eigenvalue weighted by molar-refractivity contribution is 7.20. The SMILES string of the molecule is CC(C)Oc1cc(N2CCC(O)CC2)[nH+]c2sc(C(N)=O)c(N)c12. The van der Waals surface area contributed by atoms with E-state index in [0.29, 0.717) is 21.7 Å². The van der Waals surface area contributed by atoms with Gasteiger partial charge in [0.15, 0.2) is 4.83 Å². The summed E-state index contributed by atoms with van der Waals surface area (Å²) in [4.78, 5) is 18.2. The van der Waals surface area contributed by atoms with Gasteiger partial charge in [-0.15, -0.1) is 0 Å². The molecule has 7 nitrogen and oxygen atoms in total. The van der Waals surface area contributed by atoms with Gasteiger partial charge in [0.2, 0.25) is 0 Å². The Bertz CT molecular complexity index is 766. The molecular formula is C16H23N4O3S+. The Hall–Kier alpha value is -2.06. The molecule has 1 aliphatic rings. The number of hydrogen-bond donors (Lipinski definition) is 3. The van der Waals surface area contributed by atoms with Crippen LogP contribution < -0.4 is 26.1 Å². The number of nitrogens with zero attached hydrogens (tertiary/aromatic N) is 1. The number of amides is 1. The maximum atomic E-state index is 11.6. The van der Waals surface area contributed by atoms with Gasteiger partial charge in [0.1, 0.15) is 10.6 Å². The quantitative estimate of drug-likeness (QED) is 0.764. The Morgan fingerprint density at radius 3 is 2.71 bits per heavy atom. The molecule has 130 valence electrons. The van der Waals surface area contributed by atoms with Crippen molar-refractivity contribution >= 4 is 39.0 Å². The summed E-state index contributed by atoms with van der Waals surface area (Å²) in [7, 11) is 0. The lowest BCUT2D eigenvalue weighted by Crippen LogP contribution is -2.38. The third-order valence-corrected chi connectivity index (χ3v) is 5.23. The molecule has 24 heavy (non-hydrogen) atoms. The molecule has 6 N–H and O–H groups in total. The van der Waals surface area contributed by atoms with Crippen molar-refractivity contribution in [3.05, 3.63) is 10.9 Å². The number of aliphatic hydroxyl groups is 1. The number of carbonyl (C=O) groups is 1. The Kier molecular flexibility index (Phi) is 4.51. The third kappa shape index (κ3) is 3.11. The lowest BCUT2D eigenvalue weighted by Gasteiger charge is -2.25. The minimum Gasteiger partial charge on any atom is -0.490 e. The number of piperidine rings is 1. The van der Waals surface area contributed by atoms with Crippen molar-refractivity contribution in [3.8, 4) is 5.75 Å². The Morgan fingerprint density at radius 1 is 1.46 bits per heavy atom. The zero-order valence-electron chi connectivity index (χ0n) is 13.8. The van der Waals surface area contributed by atoms with E-state index in [9.17, 15) is 9.90 Å². The molecule has 0 saturated carbocycles. The summed E-state index contributed by atoms with van der Waals surface area (Å²) in [5.41, 5.74) is 11.9. The molecule has 0 atom stereocenters. The highest BCUT2D eigenvalue weighted by Gasteiger charge is 2.28. The third-order valence-electron chi connectivity index (χ3n) is 4.09. The van der Waals surface area contributed by atoms with Crippen molar-refractivity contribution < 1.29 is 19.6 Å². The molecule has 0 unspecified atom stereocenters. The van der Waals surface area contributed by atoms with Crippen LogP contribution in [0.3, 0.4) is 0 Å². The first-order chi connectivity index (χ1) is 11.4. The van der Waals surface area contributed by atoms with Crippen molar-refractivity contribution in [2.24, 2.45) is 5.73 Å². The second-order valence-electron chi connectivity index (χ2n) is 6.32. The molecule has 0 radical (unpaired) electrons. The lowest BCUT2D eigenvalue weighted by molar-refractivity contribution is -0.328. The number of aromatic amines is 1. The van der Waals surface area contributed by atoms with Crippen molar-refractivity contribution in [2.45, 2.75) is 38.9 Å². The normalized spacial score (nSPS) is 16.1. The Balaban J connectivity index is 2.10. The topological polar surface area (TPSA) is 116 Å². The number of pyridine rings is 1. The molecule has 0 aromatic carbocycles. The fourth-order valence-electron chi connectivity index (χ4n) is 2.93. The van der Waals surface area contributed by atoms with Gasteiger partial charge >= 0.3 is 0 Å². The van der Waals surface area contributed by atoms with Crippen LogP contribution in [0.1, 0.15) is 36.4 Å². The van der Waals surface area contributed by atoms with Crippen molar-refractivity contribution in [3.63, 3.8) is 0 Å². The molecule has 1 fully saturated rings. The number of primary amides is 1. The largest absolute Gasteiger partial charge is 0.490 e. The van der Waals surface area contributed by atoms with E-state index in [1.807, 2.05) is 19.9 Å². The van der Waals surface area contributed by atoms with Crippen LogP contribution in [0, 0.1) is 0 Å². The molecule has 0 aliphatic carbocycles. The lowest BCUT2D eigenvalue weighted by atomic mass is 10.1. The second kappa shape index (κ2) is 6.45. The van der Waals surface area contributed by atoms with Crippen LogP contribution in [0.25, 0.3) is 10.2 Å². The summed E-state index contributed by atoms with van der Waals surface area (Å²) in [5.74, 6) is 0.990. The van der Waals surface area contributed by atoms with Gasteiger partial charge < -0.3 is 21.3 Å². The molecule has 0 bridgehead atoms. The minimum atomic E-state index is -0.541. The zero-order chi connectivity index (χ0) is 17.4. The van der Waals surface area contributed by atoms with Crippen LogP contribution in [0.4, 0.5) is 11.5 Å². The smallest absolute Gasteiger partial charge is 0.279 e. The molecule has 2 aromatic rings. The fraction of sp³-hybridized carbons (Fsp3) is 0.500. The number of rotatable bonds is 4. The van der Waals surface area contributed by atoms with Gasteiger partial charge in [0, 0.05) is 12.8 Å². The van der Waals surface area contributed by atoms with Crippen LogP contribution in [0.15, 0.2) is 6.07 Å². The van der Waals surface area contributed by atoms with Gasteiger partial charge in [0.05, 0.1) is 42.4 Å². The number of nitrogens with two attached hydrogens (primary N) is 2. The van der Waals surface area contributed by atoms with E-state index in [1.54, 1.807) is 0 Å². The fourth-order valence-corrected chi connectivity index (χ4v) is 3.92. The first-order valence-corrected chi connectivity index (χ1v) is 8.86. The second-order valence-corrected chi connectivity index (χ2v) is 7.34. The van der Waals surface area contributed by atoms with Gasteiger partial charge in [-0.2, -0.15) is 0 Å². The van der Waals surface area contributed by atoms with Crippen molar-refractivity contribution in [2.75, 3.05) is 23.7 Å². The molecule has 3 heterocycles. The summed E-state index contributed by atoms with van der Waals surface area (Å²) in [6.45, 7) is 5.40. The number of aliphatic hydroxyl groups excluding tert-OH is 1. The van der Waals surface area contributed by atoms with Gasteiger partial charge in [-0.05, 0) is 13.8 Å². The van der Waals surface area contributed by atoms with Crippen LogP contribution in [-0.2, 0) is 0 Å². The van der Waals surface area contributed by atoms with Gasteiger partial charge in [0.25, 0.3) is 11.7 Å². The maximum Gasteiger partial charge on any atom is 0.279 e. The monoisotopic (exact) mass is 351 g/mol. The van der Waals surface area contributed by atoms with Crippen molar-refractivity contribution in [1.82, 2.24) is 0 Å². The molecule has 8 heteroatoms. The van der Waals surface area contributed by atoms with Gasteiger partial charge in [-0.3, -0.25) is 9.69 Å². The van der Waals surface area contributed by atoms with E-state index in [-0.39, 0.29) is 12.2 Å². The van der Waals surface area contributed by atoms with Gasteiger partial charge in [-0.25, -0.2) is 4.98 Å². The average Bonchev–Trinajstić information content (AvgIpc) is 2.85. The van der Waals surface area contributed by atoms with E-state index in [0.717, 1.165) is 36.6 Å². The highest BCUT2D eigenvalue weighted by atomic mass is 32.1. The summed E-state index contributed by atoms with van der Waals surface area (Å²) < 4.78 is 5.93. The standard InChI is InChI=1S/C16H22N4O3S/c1-8(2)23-10-7-11(20-5-3-9(21)4-6-20)19-16-12(10)13(17)14(24-16)15(18)22/h7-9,21H,3-6,17H2,1-2H3,(H2,18,22)/p+1. The molecule has 1 amide bonds. The summed E-state index contributed by atoms with van der Waals surface area (Å²) in [5, 5.41) is 10.4. The molecule has 1 saturated heterocycles. The Morgan fingerprint density at radius 2 is 2.12 bits per heavy atom. The predicted octanol–water partition coefficient (Wildman–Crippen LogP) is 1.14. The van der Waals surface area contributed by atoms with Crippen LogP contribution >= 0.6 is 11.3 Å². The molecular weight excluding hydrogens is 328 g/mol. The number of H-pyrrole nitrogens is 1. The number of carbonyl (C=O) groups excluding carboxylic acids is 1. The van der Waals surface area contributed by atoms with Crippen LogP contribution in [0.5, 0.6) is 5.75 Å². The molecule has 3 rings (SSSR count). The molecule has 1 aliphatic heterocycles. The van der Waals surface area contributed by atoms with Crippen LogP contribution in [0.2, 0.25) is 0 Å². The number of nitrogens with one attached hydrogen (secondary N) is 1. The summed E-state index contributed by atoms with van der Waals surface area (Å²) in [6.07, 6.45) is 1.19. The number of ether oxygens (including phenoxy) is 1. The zero-order valence-corrected chi connectivity index (χ0v) is 14.7. The predicted molar refractivity (Wildman–Crippen MR) is 94.5 cm³/mol. The first kappa shape index (κ1) is 16.8. The minimum absolute atomic E-state index is 0.0250. The number of aromatic nitrogens is 1. The number of thiophene rings is 1. The first-order valence-electron chi connectivity index (χ1n) is 8.04. The number of nitrogen functional groups attached to an aromatic ring is 1. The van der Waals surface area contributed by atoms with Crippen molar-refractivity contribution in [1.29, 1.82) is 0 Å². The number of fused-ring (bicyclic) bond motifs is 1. The maximum absolute atomic E-state index is 11.6. The van der Waals surface area contributed by atoms with Gasteiger partial charge in [-0.1, -0.05) is 11.3 Å². The average molecular weight is 351 g/mol. The van der Waals surface area contributed by atoms with E-state index < -0.39 is 5.91 Å². The molecule has 2 aromatic heterocycles. The van der Waals surface area contributed by atoms with Crippen LogP contribution in [-0.4, -0.2) is 36.3 Å². The van der Waals surface area contributed by atoms with E-state index in [1.165, 1.54) is 11.3 Å². The summed E-state index contributed by atoms with van der Waals surface area (Å²) in [6, 6.07) is 1.91. The van der Waals surface area contributed by atoms with E-state index >= 15 is 0 Å². The number of hydrogen-bond acceptors (Lipinski definition) is 6.